The molecule has 0 aliphatic carbocycles. The summed E-state index contributed by atoms with van der Waals surface area (Å²) < 4.78 is 0. The molecule has 2 heterocycles. The van der Waals surface area contributed by atoms with E-state index in [1.807, 2.05) is 47.8 Å². The Kier molecular flexibility index (Phi) is 4.95. The third-order valence-corrected chi connectivity index (χ3v) is 5.45. The van der Waals surface area contributed by atoms with E-state index < -0.39 is 0 Å². The number of hydrogen-bond acceptors (Lipinski definition) is 5. The van der Waals surface area contributed by atoms with E-state index in [2.05, 4.69) is 15.6 Å². The van der Waals surface area contributed by atoms with Gasteiger partial charge in [0.25, 0.3) is 5.91 Å². The van der Waals surface area contributed by atoms with E-state index in [1.165, 1.54) is 22.7 Å². The normalized spacial score (nSPS) is 10.7. The van der Waals surface area contributed by atoms with Crippen molar-refractivity contribution in [2.24, 2.45) is 0 Å². The zero-order valence-electron chi connectivity index (χ0n) is 14.1. The van der Waals surface area contributed by atoms with Crippen LogP contribution in [0.25, 0.3) is 10.8 Å². The largest absolute Gasteiger partial charge is 0.325 e. The minimum absolute atomic E-state index is 0.146. The van der Waals surface area contributed by atoms with Crippen LogP contribution in [0.3, 0.4) is 0 Å². The highest BCUT2D eigenvalue weighted by molar-refractivity contribution is 7.14. The molecule has 0 spiro atoms. The average Bonchev–Trinajstić information content (AvgIpc) is 3.34. The third kappa shape index (κ3) is 4.05. The van der Waals surface area contributed by atoms with Crippen LogP contribution in [0.15, 0.2) is 64.7 Å². The van der Waals surface area contributed by atoms with Crippen molar-refractivity contribution in [2.75, 3.05) is 10.6 Å². The Morgan fingerprint density at radius 3 is 2.67 bits per heavy atom. The second-order valence-corrected chi connectivity index (χ2v) is 7.50. The molecule has 0 aliphatic heterocycles. The average molecular weight is 393 g/mol. The van der Waals surface area contributed by atoms with Crippen molar-refractivity contribution in [1.29, 1.82) is 0 Å². The fourth-order valence-electron chi connectivity index (χ4n) is 2.70. The number of aromatic nitrogens is 1. The lowest BCUT2D eigenvalue weighted by molar-refractivity contribution is -0.115. The quantitative estimate of drug-likeness (QED) is 0.512. The van der Waals surface area contributed by atoms with Crippen molar-refractivity contribution >= 4 is 56.1 Å². The second kappa shape index (κ2) is 7.69. The van der Waals surface area contributed by atoms with Crippen LogP contribution >= 0.6 is 22.7 Å². The lowest BCUT2D eigenvalue weighted by Crippen LogP contribution is -2.15. The molecular formula is C20H15N3O2S2. The number of thiazole rings is 1. The van der Waals surface area contributed by atoms with Crippen LogP contribution in [0.2, 0.25) is 0 Å². The zero-order valence-corrected chi connectivity index (χ0v) is 15.8. The number of rotatable bonds is 5. The number of carbonyl (C=O) groups is 2. The Morgan fingerprint density at radius 1 is 0.963 bits per heavy atom. The molecule has 0 atom stereocenters. The molecule has 0 saturated heterocycles. The molecule has 0 bridgehead atoms. The molecule has 4 aromatic rings. The maximum absolute atomic E-state index is 12.4. The number of benzene rings is 2. The maximum Gasteiger partial charge on any atom is 0.258 e. The molecule has 134 valence electrons. The van der Waals surface area contributed by atoms with Gasteiger partial charge < -0.3 is 5.32 Å². The molecule has 2 aromatic carbocycles. The summed E-state index contributed by atoms with van der Waals surface area (Å²) in [4.78, 5) is 28.8. The number of nitrogens with one attached hydrogen (secondary N) is 2. The van der Waals surface area contributed by atoms with Crippen molar-refractivity contribution in [3.8, 4) is 0 Å². The predicted octanol–water partition coefficient (Wildman–Crippen LogP) is 4.79. The first-order valence-corrected chi connectivity index (χ1v) is 10.1. The van der Waals surface area contributed by atoms with E-state index in [0.29, 0.717) is 16.4 Å². The van der Waals surface area contributed by atoms with Crippen molar-refractivity contribution in [2.45, 2.75) is 6.42 Å². The van der Waals surface area contributed by atoms with Gasteiger partial charge in [-0.1, -0.05) is 36.4 Å². The van der Waals surface area contributed by atoms with Gasteiger partial charge in [-0.3, -0.25) is 14.9 Å². The number of hydrogen-bond donors (Lipinski definition) is 2. The van der Waals surface area contributed by atoms with Gasteiger partial charge >= 0.3 is 0 Å². The van der Waals surface area contributed by atoms with Crippen LogP contribution in [0, 0.1) is 0 Å². The SMILES string of the molecule is O=C(Cc1csc(NC(=O)c2ccsc2)n1)Nc1cccc2ccccc12. The molecule has 7 heteroatoms. The van der Waals surface area contributed by atoms with Gasteiger partial charge in [-0.25, -0.2) is 4.98 Å². The molecule has 4 rings (SSSR count). The van der Waals surface area contributed by atoms with Crippen LogP contribution in [0.5, 0.6) is 0 Å². The van der Waals surface area contributed by atoms with E-state index in [9.17, 15) is 9.59 Å². The number of nitrogens with zero attached hydrogens (tertiary/aromatic N) is 1. The number of amides is 2. The Morgan fingerprint density at radius 2 is 1.81 bits per heavy atom. The van der Waals surface area contributed by atoms with Gasteiger partial charge in [-0.05, 0) is 22.9 Å². The van der Waals surface area contributed by atoms with E-state index >= 15 is 0 Å². The van der Waals surface area contributed by atoms with Gasteiger partial charge in [0.1, 0.15) is 0 Å². The fourth-order valence-corrected chi connectivity index (χ4v) is 4.04. The van der Waals surface area contributed by atoms with Crippen molar-refractivity contribution < 1.29 is 9.59 Å². The first-order chi connectivity index (χ1) is 13.2. The first-order valence-electron chi connectivity index (χ1n) is 8.24. The number of anilines is 2. The topological polar surface area (TPSA) is 71.1 Å². The predicted molar refractivity (Wildman–Crippen MR) is 111 cm³/mol. The second-order valence-electron chi connectivity index (χ2n) is 5.86. The number of fused-ring (bicyclic) bond motifs is 1. The molecule has 0 aliphatic rings. The van der Waals surface area contributed by atoms with Crippen LogP contribution in [-0.4, -0.2) is 16.8 Å². The summed E-state index contributed by atoms with van der Waals surface area (Å²) in [7, 11) is 0. The maximum atomic E-state index is 12.4. The van der Waals surface area contributed by atoms with Crippen LogP contribution in [0.1, 0.15) is 16.1 Å². The monoisotopic (exact) mass is 393 g/mol. The molecule has 5 nitrogen and oxygen atoms in total. The van der Waals surface area contributed by atoms with E-state index in [1.54, 1.807) is 16.8 Å². The molecule has 2 amide bonds. The Hall–Kier alpha value is -3.03. The van der Waals surface area contributed by atoms with Gasteiger partial charge in [0.15, 0.2) is 5.13 Å². The Bertz CT molecular complexity index is 1100. The lowest BCUT2D eigenvalue weighted by atomic mass is 10.1. The van der Waals surface area contributed by atoms with Gasteiger partial charge in [0, 0.05) is 21.8 Å². The van der Waals surface area contributed by atoms with E-state index in [4.69, 9.17) is 0 Å². The van der Waals surface area contributed by atoms with Gasteiger partial charge in [0.05, 0.1) is 17.7 Å². The Labute approximate surface area is 163 Å². The molecule has 27 heavy (non-hydrogen) atoms. The molecule has 0 unspecified atom stereocenters. The smallest absolute Gasteiger partial charge is 0.258 e. The van der Waals surface area contributed by atoms with Crippen molar-refractivity contribution in [3.05, 3.63) is 75.9 Å². The summed E-state index contributed by atoms with van der Waals surface area (Å²) in [6, 6.07) is 15.5. The zero-order chi connectivity index (χ0) is 18.6. The summed E-state index contributed by atoms with van der Waals surface area (Å²) >= 11 is 2.77. The molecule has 0 fully saturated rings. The fraction of sp³-hybridized carbons (Fsp3) is 0.0500. The number of carbonyl (C=O) groups excluding carboxylic acids is 2. The van der Waals surface area contributed by atoms with Crippen LogP contribution in [0.4, 0.5) is 10.8 Å². The summed E-state index contributed by atoms with van der Waals surface area (Å²) in [5, 5.41) is 13.7. The molecule has 2 N–H and O–H groups in total. The summed E-state index contributed by atoms with van der Waals surface area (Å²) in [5.41, 5.74) is 2.00. The Balaban J connectivity index is 1.41. The summed E-state index contributed by atoms with van der Waals surface area (Å²) in [5.74, 6) is -0.343. The first kappa shape index (κ1) is 17.4. The minimum Gasteiger partial charge on any atom is -0.325 e. The van der Waals surface area contributed by atoms with Crippen LogP contribution in [-0.2, 0) is 11.2 Å². The van der Waals surface area contributed by atoms with Gasteiger partial charge in [0.2, 0.25) is 5.91 Å². The van der Waals surface area contributed by atoms with E-state index in [0.717, 1.165) is 16.5 Å². The molecular weight excluding hydrogens is 378 g/mol. The highest BCUT2D eigenvalue weighted by Gasteiger charge is 2.12. The third-order valence-electron chi connectivity index (χ3n) is 3.96. The van der Waals surface area contributed by atoms with Crippen molar-refractivity contribution in [1.82, 2.24) is 4.98 Å². The highest BCUT2D eigenvalue weighted by Crippen LogP contribution is 2.23. The molecule has 0 radical (unpaired) electrons. The van der Waals surface area contributed by atoms with Gasteiger partial charge in [-0.2, -0.15) is 11.3 Å². The summed E-state index contributed by atoms with van der Waals surface area (Å²) in [6.45, 7) is 0. The standard InChI is InChI=1S/C20H15N3O2S2/c24-18(22-17-7-3-5-13-4-1-2-6-16(13)17)10-15-12-27-20(21-15)23-19(25)14-8-9-26-11-14/h1-9,11-12H,10H2,(H,22,24)(H,21,23,25). The van der Waals surface area contributed by atoms with Crippen LogP contribution < -0.4 is 10.6 Å². The minimum atomic E-state index is -0.197. The molecule has 2 aromatic heterocycles. The molecule has 0 saturated carbocycles. The van der Waals surface area contributed by atoms with Gasteiger partial charge in [-0.15, -0.1) is 11.3 Å². The van der Waals surface area contributed by atoms with Crippen molar-refractivity contribution in [3.63, 3.8) is 0 Å². The summed E-state index contributed by atoms with van der Waals surface area (Å²) in [6.07, 6.45) is 0.147. The highest BCUT2D eigenvalue weighted by atomic mass is 32.1. The van der Waals surface area contributed by atoms with E-state index in [-0.39, 0.29) is 18.2 Å². The number of thiophene rings is 1. The lowest BCUT2D eigenvalue weighted by Gasteiger charge is -2.08.